The molecule has 5 aromatic rings. The number of carbonyl (C=O) groups excluding carboxylic acids is 1. The van der Waals surface area contributed by atoms with Crippen molar-refractivity contribution in [2.24, 2.45) is 0 Å². The lowest BCUT2D eigenvalue weighted by Crippen LogP contribution is -2.55. The Hall–Kier alpha value is -5.14. The molecule has 2 heterocycles. The van der Waals surface area contributed by atoms with Gasteiger partial charge in [-0.05, 0) is 76.6 Å². The van der Waals surface area contributed by atoms with E-state index >= 15 is 0 Å². The van der Waals surface area contributed by atoms with E-state index < -0.39 is 61.1 Å². The Morgan fingerprint density at radius 1 is 0.755 bits per heavy atom. The summed E-state index contributed by atoms with van der Waals surface area (Å²) in [5.74, 6) is -0.446. The quantitative estimate of drug-likeness (QED) is 0.0991. The summed E-state index contributed by atoms with van der Waals surface area (Å²) in [5.41, 5.74) is 5.63. The van der Waals surface area contributed by atoms with E-state index in [9.17, 15) is 39.8 Å². The standard InChI is InChI=1S/C42H41FN2O8/c43-30-15-10-27(11-16-30)34(47)21-20-33-37(45(42(52)44-33)31-17-12-25(13-18-31)24-4-2-1-3-5-24)32-19-14-29(22-35(32)48)26-6-8-28(9-7-26)41-40(51)39(50)38(49)36(23-46)53-41/h1-19,22,33-34,36-41,46-51H,20-21,23H2,(H,44,52)/t33-,34?,36-,37-,38-,39+,40-,41?/m1/s1. The maximum absolute atomic E-state index is 13.7. The highest BCUT2D eigenvalue weighted by Gasteiger charge is 2.44. The molecule has 2 amide bonds. The summed E-state index contributed by atoms with van der Waals surface area (Å²) in [4.78, 5) is 15.3. The van der Waals surface area contributed by atoms with Gasteiger partial charge in [-0.3, -0.25) is 4.90 Å². The number of nitrogens with zero attached hydrogens (tertiary/aromatic N) is 1. The van der Waals surface area contributed by atoms with Gasteiger partial charge < -0.3 is 40.7 Å². The molecule has 2 aliphatic rings. The zero-order valence-corrected chi connectivity index (χ0v) is 28.6. The van der Waals surface area contributed by atoms with Crippen LogP contribution in [-0.2, 0) is 4.74 Å². The van der Waals surface area contributed by atoms with Gasteiger partial charge in [-0.1, -0.05) is 91.0 Å². The van der Waals surface area contributed by atoms with Gasteiger partial charge in [0.25, 0.3) is 0 Å². The highest BCUT2D eigenvalue weighted by atomic mass is 19.1. The van der Waals surface area contributed by atoms with Crippen molar-refractivity contribution in [3.05, 3.63) is 144 Å². The second kappa shape index (κ2) is 15.5. The first-order valence-electron chi connectivity index (χ1n) is 17.6. The van der Waals surface area contributed by atoms with Crippen LogP contribution in [0.2, 0.25) is 0 Å². The van der Waals surface area contributed by atoms with E-state index in [1.807, 2.05) is 60.7 Å². The summed E-state index contributed by atoms with van der Waals surface area (Å²) < 4.78 is 19.2. The van der Waals surface area contributed by atoms with Crippen molar-refractivity contribution in [2.75, 3.05) is 11.5 Å². The monoisotopic (exact) mass is 720 g/mol. The molecule has 7 N–H and O–H groups in total. The van der Waals surface area contributed by atoms with Crippen molar-refractivity contribution in [1.29, 1.82) is 0 Å². The van der Waals surface area contributed by atoms with Crippen LogP contribution in [0, 0.1) is 5.82 Å². The van der Waals surface area contributed by atoms with Crippen LogP contribution in [0.3, 0.4) is 0 Å². The van der Waals surface area contributed by atoms with Crippen molar-refractivity contribution in [1.82, 2.24) is 5.32 Å². The van der Waals surface area contributed by atoms with Crippen LogP contribution in [0.15, 0.2) is 121 Å². The predicted molar refractivity (Wildman–Crippen MR) is 196 cm³/mol. The van der Waals surface area contributed by atoms with E-state index in [1.165, 1.54) is 24.3 Å². The van der Waals surface area contributed by atoms with Gasteiger partial charge >= 0.3 is 6.03 Å². The zero-order valence-electron chi connectivity index (χ0n) is 28.6. The number of anilines is 1. The highest BCUT2D eigenvalue weighted by molar-refractivity contribution is 5.96. The predicted octanol–water partition coefficient (Wildman–Crippen LogP) is 5.53. The summed E-state index contributed by atoms with van der Waals surface area (Å²) in [6, 6.07) is 33.8. The van der Waals surface area contributed by atoms with Crippen molar-refractivity contribution in [2.45, 2.75) is 61.5 Å². The van der Waals surface area contributed by atoms with Crippen molar-refractivity contribution >= 4 is 11.7 Å². The molecule has 0 radical (unpaired) electrons. The van der Waals surface area contributed by atoms with Gasteiger partial charge in [-0.15, -0.1) is 0 Å². The average molecular weight is 721 g/mol. The molecule has 0 aromatic heterocycles. The maximum atomic E-state index is 13.7. The molecule has 10 nitrogen and oxygen atoms in total. The van der Waals surface area contributed by atoms with Crippen molar-refractivity contribution < 1.29 is 44.6 Å². The summed E-state index contributed by atoms with van der Waals surface area (Å²) >= 11 is 0. The third kappa shape index (κ3) is 7.40. The minimum Gasteiger partial charge on any atom is -0.508 e. The van der Waals surface area contributed by atoms with Crippen LogP contribution < -0.4 is 10.2 Å². The largest absolute Gasteiger partial charge is 0.508 e. The fourth-order valence-electron chi connectivity index (χ4n) is 7.33. The Kier molecular flexibility index (Phi) is 10.6. The SMILES string of the molecule is O=C1N[C@H](CCC(O)c2ccc(F)cc2)[C@@H](c2ccc(-c3ccc(C4O[C@H](CO)[C@@H](O)[C@H](O)[C@H]4O)cc3)cc2O)N1c1ccc(-c2ccccc2)cc1. The minimum absolute atomic E-state index is 0.0444. The lowest BCUT2D eigenvalue weighted by molar-refractivity contribution is -0.231. The van der Waals surface area contributed by atoms with Crippen molar-refractivity contribution in [3.63, 3.8) is 0 Å². The molecule has 11 heteroatoms. The fraction of sp³-hybridized carbons (Fsp3) is 0.262. The van der Waals surface area contributed by atoms with E-state index in [0.29, 0.717) is 34.4 Å². The van der Waals surface area contributed by atoms with E-state index in [1.54, 1.807) is 41.3 Å². The number of phenolic OH excluding ortho intramolecular Hbond substituents is 1. The number of carbonyl (C=O) groups is 1. The second-order valence-electron chi connectivity index (χ2n) is 13.6. The Bertz CT molecular complexity index is 2010. The summed E-state index contributed by atoms with van der Waals surface area (Å²) in [6.07, 6.45) is -6.64. The van der Waals surface area contributed by atoms with E-state index in [2.05, 4.69) is 5.32 Å². The van der Waals surface area contributed by atoms with Crippen LogP contribution in [0.1, 0.15) is 47.8 Å². The smallest absolute Gasteiger partial charge is 0.322 e. The lowest BCUT2D eigenvalue weighted by atomic mass is 9.90. The molecule has 2 aliphatic heterocycles. The normalized spacial score (nSPS) is 24.9. The third-order valence-electron chi connectivity index (χ3n) is 10.3. The number of aliphatic hydroxyl groups excluding tert-OH is 5. The van der Waals surface area contributed by atoms with Crippen LogP contribution in [0.5, 0.6) is 5.75 Å². The molecule has 0 saturated carbocycles. The van der Waals surface area contributed by atoms with Gasteiger partial charge in [-0.2, -0.15) is 0 Å². The number of hydrogen-bond acceptors (Lipinski definition) is 8. The molecule has 8 atom stereocenters. The highest BCUT2D eigenvalue weighted by Crippen LogP contribution is 2.42. The molecule has 7 rings (SSSR count). The third-order valence-corrected chi connectivity index (χ3v) is 10.3. The number of halogens is 1. The topological polar surface area (TPSA) is 163 Å². The number of benzene rings is 5. The molecule has 2 fully saturated rings. The Balaban J connectivity index is 1.17. The Labute approximate surface area is 306 Å². The second-order valence-corrected chi connectivity index (χ2v) is 13.6. The number of aliphatic hydroxyl groups is 5. The van der Waals surface area contributed by atoms with E-state index in [0.717, 1.165) is 16.7 Å². The van der Waals surface area contributed by atoms with Gasteiger partial charge in [-0.25, -0.2) is 9.18 Å². The molecule has 0 spiro atoms. The molecule has 274 valence electrons. The first-order valence-corrected chi connectivity index (χ1v) is 17.6. The first kappa shape index (κ1) is 36.2. The number of aromatic hydroxyl groups is 1. The number of hydrogen-bond donors (Lipinski definition) is 7. The first-order chi connectivity index (χ1) is 25.6. The maximum Gasteiger partial charge on any atom is 0.322 e. The average Bonchev–Trinajstić information content (AvgIpc) is 3.52. The molecule has 2 unspecified atom stereocenters. The fourth-order valence-corrected chi connectivity index (χ4v) is 7.33. The molecule has 0 bridgehead atoms. The number of amides is 2. The Morgan fingerprint density at radius 2 is 1.38 bits per heavy atom. The molecule has 0 aliphatic carbocycles. The number of nitrogens with one attached hydrogen (secondary N) is 1. The van der Waals surface area contributed by atoms with E-state index in [4.69, 9.17) is 4.74 Å². The summed E-state index contributed by atoms with van der Waals surface area (Å²) in [5, 5.41) is 66.1. The van der Waals surface area contributed by atoms with Gasteiger partial charge in [0.2, 0.25) is 0 Å². The number of ether oxygens (including phenoxy) is 1. The summed E-state index contributed by atoms with van der Waals surface area (Å²) in [7, 11) is 0. The van der Waals surface area contributed by atoms with Crippen LogP contribution >= 0.6 is 0 Å². The van der Waals surface area contributed by atoms with Crippen LogP contribution in [0.4, 0.5) is 14.9 Å². The van der Waals surface area contributed by atoms with E-state index in [-0.39, 0.29) is 18.2 Å². The van der Waals surface area contributed by atoms with Gasteiger partial charge in [0.1, 0.15) is 42.1 Å². The molecule has 53 heavy (non-hydrogen) atoms. The van der Waals surface area contributed by atoms with Gasteiger partial charge in [0, 0.05) is 11.3 Å². The van der Waals surface area contributed by atoms with Crippen LogP contribution in [0.25, 0.3) is 22.3 Å². The number of phenols is 1. The number of urea groups is 1. The molecule has 2 saturated heterocycles. The molecular weight excluding hydrogens is 679 g/mol. The van der Waals surface area contributed by atoms with Gasteiger partial charge in [0.05, 0.1) is 24.8 Å². The summed E-state index contributed by atoms with van der Waals surface area (Å²) in [6.45, 7) is -0.528. The molecular formula is C42H41FN2O8. The van der Waals surface area contributed by atoms with Crippen LogP contribution in [-0.4, -0.2) is 73.7 Å². The molecule has 5 aromatic carbocycles. The zero-order chi connectivity index (χ0) is 37.2. The van der Waals surface area contributed by atoms with Crippen molar-refractivity contribution in [3.8, 4) is 28.0 Å². The number of rotatable bonds is 10. The Morgan fingerprint density at radius 3 is 2.04 bits per heavy atom. The lowest BCUT2D eigenvalue weighted by Gasteiger charge is -2.40. The minimum atomic E-state index is -1.50. The van der Waals surface area contributed by atoms with Gasteiger partial charge in [0.15, 0.2) is 0 Å².